The molecule has 0 aromatic carbocycles. The minimum Gasteiger partial charge on any atom is -0.459 e. The van der Waals surface area contributed by atoms with Gasteiger partial charge in [-0.05, 0) is 56.5 Å². The minimum atomic E-state index is -0.302. The highest BCUT2D eigenvalue weighted by molar-refractivity contribution is 7.18. The summed E-state index contributed by atoms with van der Waals surface area (Å²) < 4.78 is 5.11. The Morgan fingerprint density at radius 1 is 1.31 bits per heavy atom. The summed E-state index contributed by atoms with van der Waals surface area (Å²) >= 11 is 1.34. The van der Waals surface area contributed by atoms with Crippen molar-refractivity contribution < 1.29 is 14.0 Å². The highest BCUT2D eigenvalue weighted by Gasteiger charge is 2.39. The zero-order valence-electron chi connectivity index (χ0n) is 14.5. The van der Waals surface area contributed by atoms with Gasteiger partial charge in [0.1, 0.15) is 0 Å². The lowest BCUT2D eigenvalue weighted by Crippen LogP contribution is -2.42. The van der Waals surface area contributed by atoms with Crippen LogP contribution in [0.3, 0.4) is 0 Å². The molecular weight excluding hydrogens is 374 g/mol. The first-order chi connectivity index (χ1) is 12.1. The van der Waals surface area contributed by atoms with Crippen LogP contribution >= 0.6 is 23.7 Å². The Hall–Kier alpha value is -1.83. The van der Waals surface area contributed by atoms with E-state index in [4.69, 9.17) is 4.42 Å². The van der Waals surface area contributed by atoms with Gasteiger partial charge in [0.2, 0.25) is 0 Å². The summed E-state index contributed by atoms with van der Waals surface area (Å²) in [5.74, 6) is 0.0528. The van der Waals surface area contributed by atoms with Gasteiger partial charge in [-0.3, -0.25) is 9.59 Å². The quantitative estimate of drug-likeness (QED) is 0.836. The first kappa shape index (κ1) is 18.9. The Kier molecular flexibility index (Phi) is 5.70. The summed E-state index contributed by atoms with van der Waals surface area (Å²) in [6, 6.07) is 5.76. The number of halogens is 1. The zero-order valence-corrected chi connectivity index (χ0v) is 16.1. The normalized spacial score (nSPS) is 21.8. The van der Waals surface area contributed by atoms with Crippen LogP contribution in [0.15, 0.2) is 28.9 Å². The van der Waals surface area contributed by atoms with E-state index in [0.29, 0.717) is 15.9 Å². The summed E-state index contributed by atoms with van der Waals surface area (Å²) in [6.07, 6.45) is 4.63. The molecule has 0 spiro atoms. The Labute approximate surface area is 162 Å². The van der Waals surface area contributed by atoms with E-state index in [-0.39, 0.29) is 36.0 Å². The second-order valence-corrected chi connectivity index (χ2v) is 7.70. The molecule has 4 rings (SSSR count). The van der Waals surface area contributed by atoms with Crippen LogP contribution in [0.5, 0.6) is 0 Å². The molecule has 0 saturated carbocycles. The van der Waals surface area contributed by atoms with Gasteiger partial charge in [-0.2, -0.15) is 0 Å². The zero-order chi connectivity index (χ0) is 17.4. The van der Waals surface area contributed by atoms with Gasteiger partial charge in [0.25, 0.3) is 11.8 Å². The summed E-state index contributed by atoms with van der Waals surface area (Å²) in [5.41, 5.74) is 0.904. The molecule has 2 atom stereocenters. The van der Waals surface area contributed by atoms with Crippen molar-refractivity contribution in [3.05, 3.63) is 40.7 Å². The monoisotopic (exact) mass is 395 g/mol. The highest BCUT2D eigenvalue weighted by Crippen LogP contribution is 2.34. The van der Waals surface area contributed by atoms with Crippen LogP contribution in [-0.2, 0) is 0 Å². The van der Waals surface area contributed by atoms with Crippen molar-refractivity contribution in [1.29, 1.82) is 0 Å². The van der Waals surface area contributed by atoms with E-state index in [1.807, 2.05) is 13.0 Å². The molecule has 6 nitrogen and oxygen atoms in total. The fourth-order valence-electron chi connectivity index (χ4n) is 3.77. The molecule has 2 amide bonds. The molecule has 2 aliphatic heterocycles. The van der Waals surface area contributed by atoms with Gasteiger partial charge in [-0.25, -0.2) is 0 Å². The van der Waals surface area contributed by atoms with E-state index in [1.165, 1.54) is 17.6 Å². The minimum absolute atomic E-state index is 0. The summed E-state index contributed by atoms with van der Waals surface area (Å²) in [5, 5.41) is 6.90. The fourth-order valence-corrected chi connectivity index (χ4v) is 4.78. The topological polar surface area (TPSA) is 74.6 Å². The van der Waals surface area contributed by atoms with Crippen LogP contribution in [0.1, 0.15) is 45.1 Å². The van der Waals surface area contributed by atoms with Crippen LogP contribution in [0.4, 0.5) is 5.00 Å². The smallest absolute Gasteiger partial charge is 0.291 e. The SMILES string of the molecule is Cc1cc(NC(=O)c2ccco2)sc1C(=O)N1C2CCNCC1CC2.Cl. The number of anilines is 1. The standard InChI is InChI=1S/C18H21N3O3S.ClH/c1-11-9-15(20-17(22)14-3-2-8-24-14)25-16(11)18(23)21-12-4-5-13(21)10-19-7-6-12;/h2-3,8-9,12-13,19H,4-7,10H2,1H3,(H,20,22);1H. The maximum absolute atomic E-state index is 13.1. The molecule has 140 valence electrons. The molecule has 2 bridgehead atoms. The highest BCUT2D eigenvalue weighted by atomic mass is 35.5. The predicted octanol–water partition coefficient (Wildman–Crippen LogP) is 3.29. The lowest BCUT2D eigenvalue weighted by atomic mass is 10.1. The van der Waals surface area contributed by atoms with Gasteiger partial charge in [-0.15, -0.1) is 23.7 Å². The molecule has 2 unspecified atom stereocenters. The number of thiophene rings is 1. The maximum Gasteiger partial charge on any atom is 0.291 e. The Morgan fingerprint density at radius 3 is 2.88 bits per heavy atom. The molecule has 4 heterocycles. The van der Waals surface area contributed by atoms with Gasteiger partial charge < -0.3 is 20.0 Å². The summed E-state index contributed by atoms with van der Waals surface area (Å²) in [6.45, 7) is 3.76. The van der Waals surface area contributed by atoms with Crippen LogP contribution in [0.2, 0.25) is 0 Å². The van der Waals surface area contributed by atoms with E-state index >= 15 is 0 Å². The molecule has 0 aliphatic carbocycles. The average molecular weight is 396 g/mol. The van der Waals surface area contributed by atoms with Crippen molar-refractivity contribution in [1.82, 2.24) is 10.2 Å². The molecular formula is C18H22ClN3O3S. The first-order valence-electron chi connectivity index (χ1n) is 8.62. The van der Waals surface area contributed by atoms with Crippen molar-refractivity contribution >= 4 is 40.6 Å². The number of aryl methyl sites for hydroxylation is 1. The van der Waals surface area contributed by atoms with Gasteiger partial charge in [-0.1, -0.05) is 0 Å². The van der Waals surface area contributed by atoms with E-state index in [2.05, 4.69) is 15.5 Å². The number of hydrogen-bond acceptors (Lipinski definition) is 5. The number of nitrogens with one attached hydrogen (secondary N) is 2. The number of hydrogen-bond donors (Lipinski definition) is 2. The molecule has 2 aromatic rings. The lowest BCUT2D eigenvalue weighted by Gasteiger charge is -2.27. The summed E-state index contributed by atoms with van der Waals surface area (Å²) in [7, 11) is 0. The van der Waals surface area contributed by atoms with Crippen molar-refractivity contribution in [2.24, 2.45) is 0 Å². The van der Waals surface area contributed by atoms with Gasteiger partial charge >= 0.3 is 0 Å². The molecule has 0 radical (unpaired) electrons. The molecule has 2 saturated heterocycles. The van der Waals surface area contributed by atoms with E-state index < -0.39 is 0 Å². The second-order valence-electron chi connectivity index (χ2n) is 6.64. The summed E-state index contributed by atoms with van der Waals surface area (Å²) in [4.78, 5) is 28.0. The van der Waals surface area contributed by atoms with Gasteiger partial charge in [0, 0.05) is 18.6 Å². The van der Waals surface area contributed by atoms with Gasteiger partial charge in [0.15, 0.2) is 5.76 Å². The number of fused-ring (bicyclic) bond motifs is 2. The third-order valence-electron chi connectivity index (χ3n) is 4.98. The lowest BCUT2D eigenvalue weighted by molar-refractivity contribution is 0.0684. The van der Waals surface area contributed by atoms with Crippen LogP contribution in [0.25, 0.3) is 0 Å². The molecule has 2 aromatic heterocycles. The van der Waals surface area contributed by atoms with Crippen molar-refractivity contribution in [3.8, 4) is 0 Å². The average Bonchev–Trinajstić information content (AvgIpc) is 3.26. The number of nitrogens with zero attached hydrogens (tertiary/aromatic N) is 1. The number of furan rings is 1. The molecule has 8 heteroatoms. The van der Waals surface area contributed by atoms with Gasteiger partial charge in [0.05, 0.1) is 16.1 Å². The Morgan fingerprint density at radius 2 is 2.12 bits per heavy atom. The maximum atomic E-state index is 13.1. The number of carbonyl (C=O) groups excluding carboxylic acids is 2. The molecule has 2 N–H and O–H groups in total. The largest absolute Gasteiger partial charge is 0.459 e. The van der Waals surface area contributed by atoms with Crippen LogP contribution < -0.4 is 10.6 Å². The van der Waals surface area contributed by atoms with E-state index in [9.17, 15) is 9.59 Å². The molecule has 26 heavy (non-hydrogen) atoms. The van der Waals surface area contributed by atoms with Crippen molar-refractivity contribution in [2.45, 2.75) is 38.3 Å². The third kappa shape index (κ3) is 3.51. The van der Waals surface area contributed by atoms with Crippen molar-refractivity contribution in [3.63, 3.8) is 0 Å². The van der Waals surface area contributed by atoms with Crippen molar-refractivity contribution in [2.75, 3.05) is 18.4 Å². The fraction of sp³-hybridized carbons (Fsp3) is 0.444. The number of amides is 2. The molecule has 2 fully saturated rings. The number of carbonyl (C=O) groups is 2. The van der Waals surface area contributed by atoms with Crippen LogP contribution in [0, 0.1) is 6.92 Å². The van der Waals surface area contributed by atoms with E-state index in [1.54, 1.807) is 12.1 Å². The Bertz CT molecular complexity index is 776. The number of rotatable bonds is 3. The molecule has 2 aliphatic rings. The van der Waals surface area contributed by atoms with Crippen LogP contribution in [-0.4, -0.2) is 41.9 Å². The third-order valence-corrected chi connectivity index (χ3v) is 6.12. The second kappa shape index (κ2) is 7.82. The first-order valence-corrected chi connectivity index (χ1v) is 9.44. The predicted molar refractivity (Wildman–Crippen MR) is 103 cm³/mol. The van der Waals surface area contributed by atoms with E-state index in [0.717, 1.165) is 37.9 Å². The Balaban J connectivity index is 0.00000196.